The largest absolute Gasteiger partial charge is 0.381 e. The third-order valence-corrected chi connectivity index (χ3v) is 3.25. The average Bonchev–Trinajstić information content (AvgIpc) is 2.35. The van der Waals surface area contributed by atoms with Crippen molar-refractivity contribution in [3.63, 3.8) is 0 Å². The quantitative estimate of drug-likeness (QED) is 0.817. The lowest BCUT2D eigenvalue weighted by atomic mass is 9.91. The zero-order valence-corrected chi connectivity index (χ0v) is 11.7. The number of hydrogen-bond acceptors (Lipinski definition) is 3. The summed E-state index contributed by atoms with van der Waals surface area (Å²) in [5.41, 5.74) is 6.05. The van der Waals surface area contributed by atoms with E-state index >= 15 is 0 Å². The number of ether oxygens (including phenoxy) is 1. The van der Waals surface area contributed by atoms with E-state index in [2.05, 4.69) is 6.92 Å². The lowest BCUT2D eigenvalue weighted by molar-refractivity contribution is -0.134. The molecule has 0 radical (unpaired) electrons. The Labute approximate surface area is 110 Å². The Balaban J connectivity index is 0.00000256. The molecule has 1 atom stereocenters. The maximum absolute atomic E-state index is 12.1. The van der Waals surface area contributed by atoms with E-state index < -0.39 is 0 Å². The molecule has 17 heavy (non-hydrogen) atoms. The van der Waals surface area contributed by atoms with E-state index in [0.29, 0.717) is 5.92 Å². The minimum absolute atomic E-state index is 0. The Bertz CT molecular complexity index is 221. The molecule has 0 aromatic heterocycles. The Morgan fingerprint density at radius 1 is 1.41 bits per heavy atom. The van der Waals surface area contributed by atoms with Gasteiger partial charge >= 0.3 is 0 Å². The molecule has 0 bridgehead atoms. The van der Waals surface area contributed by atoms with Crippen LogP contribution in [0.5, 0.6) is 0 Å². The highest BCUT2D eigenvalue weighted by molar-refractivity contribution is 5.85. The van der Waals surface area contributed by atoms with E-state index in [-0.39, 0.29) is 24.4 Å². The maximum Gasteiger partial charge on any atom is 0.239 e. The number of rotatable bonds is 5. The second-order valence-corrected chi connectivity index (χ2v) is 4.39. The summed E-state index contributed by atoms with van der Waals surface area (Å²) in [5, 5.41) is 0. The third kappa shape index (κ3) is 4.82. The van der Waals surface area contributed by atoms with Gasteiger partial charge in [0.05, 0.1) is 6.04 Å². The van der Waals surface area contributed by atoms with Gasteiger partial charge in [-0.15, -0.1) is 12.4 Å². The van der Waals surface area contributed by atoms with Gasteiger partial charge in [0, 0.05) is 26.3 Å². The molecule has 0 saturated carbocycles. The topological polar surface area (TPSA) is 55.6 Å². The molecule has 0 aromatic rings. The Morgan fingerprint density at radius 3 is 2.47 bits per heavy atom. The van der Waals surface area contributed by atoms with E-state index in [9.17, 15) is 4.79 Å². The molecule has 1 aliphatic heterocycles. The molecule has 102 valence electrons. The molecule has 4 nitrogen and oxygen atoms in total. The lowest BCUT2D eigenvalue weighted by Gasteiger charge is -2.31. The molecular weight excluding hydrogens is 240 g/mol. The second kappa shape index (κ2) is 8.72. The van der Waals surface area contributed by atoms with Crippen LogP contribution in [-0.4, -0.2) is 43.2 Å². The zero-order valence-electron chi connectivity index (χ0n) is 10.9. The fraction of sp³-hybridized carbons (Fsp3) is 0.917. The van der Waals surface area contributed by atoms with Crippen molar-refractivity contribution in [2.45, 2.75) is 39.2 Å². The Hall–Kier alpha value is -0.320. The first-order valence-corrected chi connectivity index (χ1v) is 6.32. The summed E-state index contributed by atoms with van der Waals surface area (Å²) in [6, 6.07) is -0.338. The van der Waals surface area contributed by atoms with Crippen LogP contribution in [0.2, 0.25) is 0 Å². The van der Waals surface area contributed by atoms with Gasteiger partial charge in [-0.25, -0.2) is 0 Å². The summed E-state index contributed by atoms with van der Waals surface area (Å²) in [5.74, 6) is 0.406. The van der Waals surface area contributed by atoms with E-state index in [1.54, 1.807) is 0 Å². The predicted molar refractivity (Wildman–Crippen MR) is 71.3 cm³/mol. The van der Waals surface area contributed by atoms with Crippen LogP contribution in [0.1, 0.15) is 33.1 Å². The van der Waals surface area contributed by atoms with Crippen LogP contribution in [0, 0.1) is 5.92 Å². The second-order valence-electron chi connectivity index (χ2n) is 4.39. The standard InChI is InChI=1S/C12H24N2O2.ClH/c1-3-7-14(4-2)12(15)11(13)10-5-8-16-9-6-10;/h10-11H,3-9,13H2,1-2H3;1H. The van der Waals surface area contributed by atoms with Crippen LogP contribution >= 0.6 is 12.4 Å². The molecule has 0 spiro atoms. The summed E-state index contributed by atoms with van der Waals surface area (Å²) >= 11 is 0. The molecule has 0 aliphatic carbocycles. The van der Waals surface area contributed by atoms with E-state index in [4.69, 9.17) is 10.5 Å². The minimum atomic E-state index is -0.338. The molecule has 5 heteroatoms. The lowest BCUT2D eigenvalue weighted by Crippen LogP contribution is -2.49. The van der Waals surface area contributed by atoms with Crippen LogP contribution < -0.4 is 5.73 Å². The highest BCUT2D eigenvalue weighted by Crippen LogP contribution is 2.18. The van der Waals surface area contributed by atoms with Gasteiger partial charge in [0.2, 0.25) is 5.91 Å². The van der Waals surface area contributed by atoms with Gasteiger partial charge in [-0.2, -0.15) is 0 Å². The summed E-state index contributed by atoms with van der Waals surface area (Å²) in [6.45, 7) is 7.13. The smallest absolute Gasteiger partial charge is 0.239 e. The van der Waals surface area contributed by atoms with Gasteiger partial charge in [-0.1, -0.05) is 6.92 Å². The number of nitrogens with two attached hydrogens (primary N) is 1. The molecule has 0 aromatic carbocycles. The monoisotopic (exact) mass is 264 g/mol. The predicted octanol–water partition coefficient (Wildman–Crippen LogP) is 1.42. The van der Waals surface area contributed by atoms with Crippen LogP contribution in [-0.2, 0) is 9.53 Å². The molecule has 2 N–H and O–H groups in total. The molecule has 1 unspecified atom stereocenters. The number of carbonyl (C=O) groups excluding carboxylic acids is 1. The molecule has 1 aliphatic rings. The van der Waals surface area contributed by atoms with Gasteiger partial charge in [0.15, 0.2) is 0 Å². The molecule has 1 heterocycles. The fourth-order valence-corrected chi connectivity index (χ4v) is 2.18. The van der Waals surface area contributed by atoms with Crippen LogP contribution in [0.15, 0.2) is 0 Å². The van der Waals surface area contributed by atoms with Crippen LogP contribution in [0.4, 0.5) is 0 Å². The van der Waals surface area contributed by atoms with Crippen LogP contribution in [0.25, 0.3) is 0 Å². The van der Waals surface area contributed by atoms with Crippen molar-refractivity contribution >= 4 is 18.3 Å². The Morgan fingerprint density at radius 2 is 2.00 bits per heavy atom. The molecule has 1 rings (SSSR count). The minimum Gasteiger partial charge on any atom is -0.381 e. The molecule has 1 fully saturated rings. The number of amides is 1. The maximum atomic E-state index is 12.1. The number of carbonyl (C=O) groups is 1. The normalized spacial score (nSPS) is 18.3. The summed E-state index contributed by atoms with van der Waals surface area (Å²) in [7, 11) is 0. The van der Waals surface area contributed by atoms with Crippen molar-refractivity contribution < 1.29 is 9.53 Å². The molecular formula is C12H25ClN2O2. The molecule has 1 saturated heterocycles. The van der Waals surface area contributed by atoms with Crippen molar-refractivity contribution in [2.75, 3.05) is 26.3 Å². The van der Waals surface area contributed by atoms with Gasteiger partial charge in [-0.05, 0) is 32.1 Å². The van der Waals surface area contributed by atoms with Crippen LogP contribution in [0.3, 0.4) is 0 Å². The van der Waals surface area contributed by atoms with E-state index in [0.717, 1.165) is 45.6 Å². The van der Waals surface area contributed by atoms with Gasteiger partial charge < -0.3 is 15.4 Å². The first kappa shape index (κ1) is 16.7. The summed E-state index contributed by atoms with van der Waals surface area (Å²) in [6.07, 6.45) is 2.81. The first-order chi connectivity index (χ1) is 7.70. The first-order valence-electron chi connectivity index (χ1n) is 6.32. The number of likely N-dealkylation sites (N-methyl/N-ethyl adjacent to an activating group) is 1. The number of nitrogens with zero attached hydrogens (tertiary/aromatic N) is 1. The number of hydrogen-bond donors (Lipinski definition) is 1. The van der Waals surface area contributed by atoms with Crippen molar-refractivity contribution in [1.82, 2.24) is 4.90 Å². The summed E-state index contributed by atoms with van der Waals surface area (Å²) in [4.78, 5) is 14.0. The van der Waals surface area contributed by atoms with Crippen molar-refractivity contribution in [3.05, 3.63) is 0 Å². The van der Waals surface area contributed by atoms with Crippen molar-refractivity contribution in [1.29, 1.82) is 0 Å². The van der Waals surface area contributed by atoms with E-state index in [1.807, 2.05) is 11.8 Å². The molecule has 1 amide bonds. The Kier molecular flexibility index (Phi) is 8.56. The number of halogens is 1. The average molecular weight is 265 g/mol. The third-order valence-electron chi connectivity index (χ3n) is 3.25. The zero-order chi connectivity index (χ0) is 12.0. The summed E-state index contributed by atoms with van der Waals surface area (Å²) < 4.78 is 5.28. The van der Waals surface area contributed by atoms with Gasteiger partial charge in [0.25, 0.3) is 0 Å². The highest BCUT2D eigenvalue weighted by atomic mass is 35.5. The van der Waals surface area contributed by atoms with Crippen molar-refractivity contribution in [2.24, 2.45) is 11.7 Å². The SMILES string of the molecule is CCCN(CC)C(=O)C(N)C1CCOCC1.Cl. The van der Waals surface area contributed by atoms with Crippen molar-refractivity contribution in [3.8, 4) is 0 Å². The van der Waals surface area contributed by atoms with Gasteiger partial charge in [0.1, 0.15) is 0 Å². The van der Waals surface area contributed by atoms with Gasteiger partial charge in [-0.3, -0.25) is 4.79 Å². The van der Waals surface area contributed by atoms with E-state index in [1.165, 1.54) is 0 Å². The highest BCUT2D eigenvalue weighted by Gasteiger charge is 2.28. The fourth-order valence-electron chi connectivity index (χ4n) is 2.18.